The lowest BCUT2D eigenvalue weighted by molar-refractivity contribution is 0.266. The van der Waals surface area contributed by atoms with Gasteiger partial charge in [0.2, 0.25) is 0 Å². The number of nitrogens with zero attached hydrogens (tertiary/aromatic N) is 2. The van der Waals surface area contributed by atoms with E-state index in [1.54, 1.807) is 10.8 Å². The minimum atomic E-state index is -0.149. The molecule has 1 fully saturated rings. The summed E-state index contributed by atoms with van der Waals surface area (Å²) in [5.74, 6) is 0.522. The molecule has 0 radical (unpaired) electrons. The summed E-state index contributed by atoms with van der Waals surface area (Å²) in [7, 11) is 0. The Bertz CT molecular complexity index is 514. The van der Waals surface area contributed by atoms with E-state index in [-0.39, 0.29) is 11.2 Å². The Kier molecular flexibility index (Phi) is 4.06. The van der Waals surface area contributed by atoms with E-state index >= 15 is 0 Å². The molecule has 1 aromatic heterocycles. The summed E-state index contributed by atoms with van der Waals surface area (Å²) in [5, 5.41) is 0. The molecule has 0 amide bonds. The first-order chi connectivity index (χ1) is 8.13. The molecule has 94 valence electrons. The monoisotopic (exact) mass is 348 g/mol. The lowest BCUT2D eigenvalue weighted by atomic mass is 9.85. The van der Waals surface area contributed by atoms with Gasteiger partial charge in [-0.05, 0) is 47.8 Å². The Morgan fingerprint density at radius 1 is 1.41 bits per heavy atom. The van der Waals surface area contributed by atoms with Gasteiger partial charge < -0.3 is 0 Å². The molecule has 1 heterocycles. The molecule has 0 bridgehead atoms. The molecule has 5 heteroatoms. The van der Waals surface area contributed by atoms with Crippen LogP contribution in [0.25, 0.3) is 0 Å². The largest absolute Gasteiger partial charge is 0.331 e. The predicted octanol–water partition coefficient (Wildman–Crippen LogP) is 1.82. The molecule has 0 atom stereocenters. The molecule has 0 saturated heterocycles. The van der Waals surface area contributed by atoms with Crippen LogP contribution >= 0.6 is 22.6 Å². The number of rotatable bonds is 4. The standard InChI is InChI=1S/C12H17IN2O2/c1-2-6-14-8-10(13)11(16)15(12(14)17)7-9-4-3-5-9/h8-9H,2-7H2,1H3. The fraction of sp³-hybridized carbons (Fsp3) is 0.667. The lowest BCUT2D eigenvalue weighted by Crippen LogP contribution is -2.43. The molecule has 0 unspecified atom stereocenters. The van der Waals surface area contributed by atoms with Gasteiger partial charge >= 0.3 is 5.69 Å². The van der Waals surface area contributed by atoms with Crippen molar-refractivity contribution in [1.29, 1.82) is 0 Å². The van der Waals surface area contributed by atoms with Crippen LogP contribution in [0.1, 0.15) is 32.6 Å². The summed E-state index contributed by atoms with van der Waals surface area (Å²) in [6, 6.07) is 0. The van der Waals surface area contributed by atoms with E-state index in [2.05, 4.69) is 0 Å². The average Bonchev–Trinajstić information content (AvgIpc) is 2.24. The fourth-order valence-electron chi connectivity index (χ4n) is 2.11. The molecule has 0 aromatic carbocycles. The molecule has 1 aliphatic rings. The molecule has 1 saturated carbocycles. The van der Waals surface area contributed by atoms with Gasteiger partial charge in [-0.15, -0.1) is 0 Å². The van der Waals surface area contributed by atoms with E-state index < -0.39 is 0 Å². The van der Waals surface area contributed by atoms with E-state index in [4.69, 9.17) is 0 Å². The first kappa shape index (κ1) is 12.9. The number of halogens is 1. The summed E-state index contributed by atoms with van der Waals surface area (Å²) < 4.78 is 3.71. The van der Waals surface area contributed by atoms with Crippen LogP contribution in [-0.4, -0.2) is 9.13 Å². The maximum Gasteiger partial charge on any atom is 0.331 e. The molecule has 0 aliphatic heterocycles. The van der Waals surface area contributed by atoms with Crippen LogP contribution in [-0.2, 0) is 13.1 Å². The second-order valence-corrected chi connectivity index (χ2v) is 5.83. The first-order valence-corrected chi connectivity index (χ1v) is 7.21. The third-order valence-corrected chi connectivity index (χ3v) is 4.07. The maximum absolute atomic E-state index is 12.1. The third kappa shape index (κ3) is 2.64. The maximum atomic E-state index is 12.1. The van der Waals surface area contributed by atoms with Crippen molar-refractivity contribution in [3.8, 4) is 0 Å². The number of hydrogen-bond acceptors (Lipinski definition) is 2. The zero-order chi connectivity index (χ0) is 12.4. The smallest absolute Gasteiger partial charge is 0.299 e. The van der Waals surface area contributed by atoms with Crippen LogP contribution in [0.15, 0.2) is 15.8 Å². The summed E-state index contributed by atoms with van der Waals surface area (Å²) >= 11 is 2.02. The molecule has 1 aromatic rings. The Morgan fingerprint density at radius 3 is 2.65 bits per heavy atom. The summed E-state index contributed by atoms with van der Waals surface area (Å²) in [6.07, 6.45) is 6.09. The van der Waals surface area contributed by atoms with Crippen molar-refractivity contribution in [3.05, 3.63) is 30.6 Å². The minimum Gasteiger partial charge on any atom is -0.299 e. The van der Waals surface area contributed by atoms with Crippen LogP contribution in [0.5, 0.6) is 0 Å². The van der Waals surface area contributed by atoms with Gasteiger partial charge in [-0.3, -0.25) is 13.9 Å². The topological polar surface area (TPSA) is 44.0 Å². The Hall–Kier alpha value is -0.590. The molecule has 2 rings (SSSR count). The van der Waals surface area contributed by atoms with Crippen LogP contribution in [0.2, 0.25) is 0 Å². The van der Waals surface area contributed by atoms with Crippen molar-refractivity contribution >= 4 is 22.6 Å². The van der Waals surface area contributed by atoms with Gasteiger partial charge in [0.05, 0.1) is 3.57 Å². The predicted molar refractivity (Wildman–Crippen MR) is 75.3 cm³/mol. The summed E-state index contributed by atoms with van der Waals surface area (Å²) in [4.78, 5) is 24.1. The molecule has 17 heavy (non-hydrogen) atoms. The van der Waals surface area contributed by atoms with Crippen molar-refractivity contribution in [2.45, 2.75) is 45.7 Å². The van der Waals surface area contributed by atoms with Gasteiger partial charge in [0, 0.05) is 19.3 Å². The minimum absolute atomic E-state index is 0.130. The van der Waals surface area contributed by atoms with Crippen LogP contribution in [0.4, 0.5) is 0 Å². The van der Waals surface area contributed by atoms with Crippen LogP contribution in [0, 0.1) is 9.49 Å². The van der Waals surface area contributed by atoms with Crippen molar-refractivity contribution in [2.75, 3.05) is 0 Å². The van der Waals surface area contributed by atoms with Gasteiger partial charge in [-0.2, -0.15) is 0 Å². The molecule has 0 N–H and O–H groups in total. The van der Waals surface area contributed by atoms with Gasteiger partial charge in [0.25, 0.3) is 5.56 Å². The first-order valence-electron chi connectivity index (χ1n) is 6.13. The quantitative estimate of drug-likeness (QED) is 0.780. The molecular weight excluding hydrogens is 331 g/mol. The van der Waals surface area contributed by atoms with Gasteiger partial charge in [-0.1, -0.05) is 13.3 Å². The van der Waals surface area contributed by atoms with E-state index in [0.717, 1.165) is 19.3 Å². The fourth-order valence-corrected chi connectivity index (χ4v) is 2.74. The molecule has 1 aliphatic carbocycles. The molecule has 0 spiro atoms. The highest BCUT2D eigenvalue weighted by molar-refractivity contribution is 14.1. The normalized spacial score (nSPS) is 15.9. The SMILES string of the molecule is CCCn1cc(I)c(=O)n(CC2CCC2)c1=O. The van der Waals surface area contributed by atoms with E-state index in [9.17, 15) is 9.59 Å². The Balaban J connectivity index is 2.40. The highest BCUT2D eigenvalue weighted by Crippen LogP contribution is 2.26. The van der Waals surface area contributed by atoms with Gasteiger partial charge in [-0.25, -0.2) is 4.79 Å². The number of aryl methyl sites for hydroxylation is 1. The van der Waals surface area contributed by atoms with Crippen molar-refractivity contribution in [3.63, 3.8) is 0 Å². The second kappa shape index (κ2) is 5.37. The van der Waals surface area contributed by atoms with E-state index in [1.807, 2.05) is 29.5 Å². The zero-order valence-electron chi connectivity index (χ0n) is 9.99. The van der Waals surface area contributed by atoms with E-state index in [1.165, 1.54) is 11.0 Å². The van der Waals surface area contributed by atoms with Crippen LogP contribution < -0.4 is 11.2 Å². The molecule has 4 nitrogen and oxygen atoms in total. The van der Waals surface area contributed by atoms with Crippen LogP contribution in [0.3, 0.4) is 0 Å². The molecular formula is C12H17IN2O2. The van der Waals surface area contributed by atoms with Crippen molar-refractivity contribution < 1.29 is 0 Å². The van der Waals surface area contributed by atoms with Gasteiger partial charge in [0.15, 0.2) is 0 Å². The summed E-state index contributed by atoms with van der Waals surface area (Å²) in [6.45, 7) is 3.30. The average molecular weight is 348 g/mol. The zero-order valence-corrected chi connectivity index (χ0v) is 12.1. The van der Waals surface area contributed by atoms with Gasteiger partial charge in [0.1, 0.15) is 0 Å². The van der Waals surface area contributed by atoms with Crippen molar-refractivity contribution in [2.24, 2.45) is 5.92 Å². The Labute approximate surface area is 114 Å². The number of aromatic nitrogens is 2. The number of hydrogen-bond donors (Lipinski definition) is 0. The van der Waals surface area contributed by atoms with E-state index in [0.29, 0.717) is 22.6 Å². The second-order valence-electron chi connectivity index (χ2n) is 4.67. The Morgan fingerprint density at radius 2 is 2.12 bits per heavy atom. The summed E-state index contributed by atoms with van der Waals surface area (Å²) in [5.41, 5.74) is -0.279. The highest BCUT2D eigenvalue weighted by atomic mass is 127. The highest BCUT2D eigenvalue weighted by Gasteiger charge is 2.20. The third-order valence-electron chi connectivity index (χ3n) is 3.33. The lowest BCUT2D eigenvalue weighted by Gasteiger charge is -2.25. The van der Waals surface area contributed by atoms with Crippen molar-refractivity contribution in [1.82, 2.24) is 9.13 Å².